The molecular weight excluding hydrogens is 254 g/mol. The van der Waals surface area contributed by atoms with Crippen LogP contribution >= 0.6 is 0 Å². The minimum absolute atomic E-state index is 0.638. The van der Waals surface area contributed by atoms with Gasteiger partial charge < -0.3 is 20.5 Å². The number of hydrogen-bond acceptors (Lipinski definition) is 5. The molecule has 0 aliphatic rings. The van der Waals surface area contributed by atoms with Crippen LogP contribution in [0.2, 0.25) is 0 Å². The van der Waals surface area contributed by atoms with Crippen molar-refractivity contribution in [3.63, 3.8) is 0 Å². The van der Waals surface area contributed by atoms with Crippen LogP contribution in [0.5, 0.6) is 0 Å². The van der Waals surface area contributed by atoms with Gasteiger partial charge in [-0.05, 0) is 18.6 Å². The van der Waals surface area contributed by atoms with E-state index in [1.54, 1.807) is 13.3 Å². The summed E-state index contributed by atoms with van der Waals surface area (Å²) < 4.78 is 10.3. The Hall–Kier alpha value is -1.85. The van der Waals surface area contributed by atoms with Crippen LogP contribution in [0.3, 0.4) is 0 Å². The molecule has 2 rings (SSSR count). The fraction of sp³-hybridized carbons (Fsp3) is 0.400. The largest absolute Gasteiger partial charge is 0.397 e. The predicted octanol–water partition coefficient (Wildman–Crippen LogP) is 2.28. The Balaban J connectivity index is 1.83. The number of ether oxygens (including phenoxy) is 2. The average Bonchev–Trinajstić information content (AvgIpc) is 2.49. The molecule has 1 aromatic carbocycles. The van der Waals surface area contributed by atoms with Gasteiger partial charge in [-0.25, -0.2) is 0 Å². The van der Waals surface area contributed by atoms with Crippen LogP contribution in [0.25, 0.3) is 10.8 Å². The molecular formula is C15H21N3O2. The molecule has 5 heteroatoms. The van der Waals surface area contributed by atoms with Crippen molar-refractivity contribution in [2.45, 2.75) is 6.42 Å². The maximum Gasteiger partial charge on any atom is 0.0700 e. The van der Waals surface area contributed by atoms with Crippen molar-refractivity contribution in [1.29, 1.82) is 0 Å². The van der Waals surface area contributed by atoms with Gasteiger partial charge in [0.1, 0.15) is 0 Å². The molecule has 0 aliphatic heterocycles. The summed E-state index contributed by atoms with van der Waals surface area (Å²) in [6, 6.07) is 5.95. The molecule has 1 aromatic heterocycles. The topological polar surface area (TPSA) is 69.4 Å². The van der Waals surface area contributed by atoms with Crippen molar-refractivity contribution >= 4 is 22.1 Å². The highest BCUT2D eigenvalue weighted by Crippen LogP contribution is 2.27. The summed E-state index contributed by atoms with van der Waals surface area (Å²) in [4.78, 5) is 4.09. The van der Waals surface area contributed by atoms with Gasteiger partial charge in [0.25, 0.3) is 0 Å². The summed E-state index contributed by atoms with van der Waals surface area (Å²) in [5, 5.41) is 5.42. The Morgan fingerprint density at radius 2 is 2.10 bits per heavy atom. The van der Waals surface area contributed by atoms with E-state index < -0.39 is 0 Å². The van der Waals surface area contributed by atoms with Gasteiger partial charge in [0.2, 0.25) is 0 Å². The summed E-state index contributed by atoms with van der Waals surface area (Å²) in [5.41, 5.74) is 7.89. The lowest BCUT2D eigenvalue weighted by Gasteiger charge is -2.11. The normalized spacial score (nSPS) is 10.8. The highest BCUT2D eigenvalue weighted by Gasteiger charge is 2.03. The second kappa shape index (κ2) is 7.67. The van der Waals surface area contributed by atoms with Crippen LogP contribution in [0.15, 0.2) is 30.6 Å². The second-order valence-electron chi connectivity index (χ2n) is 4.51. The van der Waals surface area contributed by atoms with Gasteiger partial charge in [-0.1, -0.05) is 6.07 Å². The molecule has 0 radical (unpaired) electrons. The third kappa shape index (κ3) is 3.82. The predicted molar refractivity (Wildman–Crippen MR) is 82.0 cm³/mol. The van der Waals surface area contributed by atoms with Gasteiger partial charge >= 0.3 is 0 Å². The Bertz CT molecular complexity index is 546. The standard InChI is InChI=1S/C15H21N3O2/c1-19-9-10-20-8-2-6-18-14-4-3-12-11-17-7-5-13(12)15(14)16/h3-5,7,11,18H,2,6,8-10,16H2,1H3. The number of benzene rings is 1. The van der Waals surface area contributed by atoms with Crippen molar-refractivity contribution in [2.75, 3.05) is 44.5 Å². The molecule has 0 saturated carbocycles. The summed E-state index contributed by atoms with van der Waals surface area (Å²) in [7, 11) is 1.67. The first kappa shape index (κ1) is 14.6. The lowest BCUT2D eigenvalue weighted by molar-refractivity contribution is 0.0705. The number of fused-ring (bicyclic) bond motifs is 1. The van der Waals surface area contributed by atoms with Crippen LogP contribution in [0.4, 0.5) is 11.4 Å². The van der Waals surface area contributed by atoms with Crippen LogP contribution in [0, 0.1) is 0 Å². The zero-order valence-corrected chi connectivity index (χ0v) is 11.8. The number of pyridine rings is 1. The molecule has 5 nitrogen and oxygen atoms in total. The highest BCUT2D eigenvalue weighted by molar-refractivity contribution is 5.98. The van der Waals surface area contributed by atoms with E-state index in [-0.39, 0.29) is 0 Å². The van der Waals surface area contributed by atoms with Gasteiger partial charge in [0, 0.05) is 43.4 Å². The van der Waals surface area contributed by atoms with E-state index in [9.17, 15) is 0 Å². The van der Waals surface area contributed by atoms with E-state index in [1.807, 2.05) is 24.4 Å². The first-order valence-electron chi connectivity index (χ1n) is 6.75. The van der Waals surface area contributed by atoms with Crippen LogP contribution in [0.1, 0.15) is 6.42 Å². The summed E-state index contributed by atoms with van der Waals surface area (Å²) in [5.74, 6) is 0. The fourth-order valence-electron chi connectivity index (χ4n) is 1.99. The number of methoxy groups -OCH3 is 1. The van der Waals surface area contributed by atoms with Crippen molar-refractivity contribution in [3.05, 3.63) is 30.6 Å². The van der Waals surface area contributed by atoms with E-state index in [4.69, 9.17) is 15.2 Å². The molecule has 2 aromatic rings. The number of nitrogens with zero attached hydrogens (tertiary/aromatic N) is 1. The van der Waals surface area contributed by atoms with Crippen molar-refractivity contribution in [2.24, 2.45) is 0 Å². The third-order valence-electron chi connectivity index (χ3n) is 3.07. The molecule has 20 heavy (non-hydrogen) atoms. The summed E-state index contributed by atoms with van der Waals surface area (Å²) in [6.07, 6.45) is 4.50. The molecule has 0 aliphatic carbocycles. The number of nitrogens with two attached hydrogens (primary N) is 1. The van der Waals surface area contributed by atoms with Gasteiger partial charge in [0.15, 0.2) is 0 Å². The number of nitrogen functional groups attached to an aromatic ring is 1. The number of anilines is 2. The first-order chi connectivity index (χ1) is 9.83. The number of nitrogens with one attached hydrogen (secondary N) is 1. The van der Waals surface area contributed by atoms with Gasteiger partial charge in [-0.2, -0.15) is 0 Å². The van der Waals surface area contributed by atoms with E-state index in [2.05, 4.69) is 10.3 Å². The van der Waals surface area contributed by atoms with Crippen LogP contribution in [-0.4, -0.2) is 38.5 Å². The van der Waals surface area contributed by atoms with Gasteiger partial charge in [-0.15, -0.1) is 0 Å². The lowest BCUT2D eigenvalue weighted by Crippen LogP contribution is -2.09. The molecule has 0 unspecified atom stereocenters. The number of hydrogen-bond donors (Lipinski definition) is 2. The molecule has 108 valence electrons. The van der Waals surface area contributed by atoms with E-state index in [0.29, 0.717) is 19.8 Å². The highest BCUT2D eigenvalue weighted by atomic mass is 16.5. The Morgan fingerprint density at radius 1 is 1.20 bits per heavy atom. The minimum atomic E-state index is 0.638. The number of rotatable bonds is 8. The van der Waals surface area contributed by atoms with Gasteiger partial charge in [-0.3, -0.25) is 4.98 Å². The molecule has 3 N–H and O–H groups in total. The smallest absolute Gasteiger partial charge is 0.0700 e. The van der Waals surface area contributed by atoms with E-state index >= 15 is 0 Å². The van der Waals surface area contributed by atoms with Crippen molar-refractivity contribution < 1.29 is 9.47 Å². The molecule has 0 atom stereocenters. The molecule has 0 spiro atoms. The molecule has 1 heterocycles. The molecule has 0 saturated heterocycles. The summed E-state index contributed by atoms with van der Waals surface area (Å²) >= 11 is 0. The lowest BCUT2D eigenvalue weighted by atomic mass is 10.1. The quantitative estimate of drug-likeness (QED) is 0.571. The molecule has 0 amide bonds. The summed E-state index contributed by atoms with van der Waals surface area (Å²) in [6.45, 7) is 2.82. The van der Waals surface area contributed by atoms with Gasteiger partial charge in [0.05, 0.1) is 24.6 Å². The Labute approximate surface area is 119 Å². The third-order valence-corrected chi connectivity index (χ3v) is 3.07. The monoisotopic (exact) mass is 275 g/mol. The zero-order valence-electron chi connectivity index (χ0n) is 11.8. The van der Waals surface area contributed by atoms with Crippen LogP contribution < -0.4 is 11.1 Å². The Kier molecular flexibility index (Phi) is 5.58. The minimum Gasteiger partial charge on any atom is -0.397 e. The maximum atomic E-state index is 6.16. The van der Waals surface area contributed by atoms with Crippen molar-refractivity contribution in [3.8, 4) is 0 Å². The van der Waals surface area contributed by atoms with Crippen LogP contribution in [-0.2, 0) is 9.47 Å². The average molecular weight is 275 g/mol. The number of aromatic nitrogens is 1. The SMILES string of the molecule is COCCOCCCNc1ccc2cnccc2c1N. The van der Waals surface area contributed by atoms with E-state index in [1.165, 1.54) is 0 Å². The van der Waals surface area contributed by atoms with Crippen molar-refractivity contribution in [1.82, 2.24) is 4.98 Å². The first-order valence-corrected chi connectivity index (χ1v) is 6.75. The molecule has 0 fully saturated rings. The van der Waals surface area contributed by atoms with E-state index in [0.717, 1.165) is 35.1 Å². The zero-order chi connectivity index (χ0) is 14.2. The molecule has 0 bridgehead atoms. The fourth-order valence-corrected chi connectivity index (χ4v) is 1.99. The maximum absolute atomic E-state index is 6.16. The Morgan fingerprint density at radius 3 is 2.95 bits per heavy atom. The second-order valence-corrected chi connectivity index (χ2v) is 4.51.